The molecule has 2 rings (SSSR count). The first-order valence-electron chi connectivity index (χ1n) is 7.57. The molecule has 0 atom stereocenters. The van der Waals surface area contributed by atoms with Gasteiger partial charge in [-0.3, -0.25) is 4.79 Å². The van der Waals surface area contributed by atoms with E-state index in [4.69, 9.17) is 0 Å². The van der Waals surface area contributed by atoms with Crippen LogP contribution in [0.3, 0.4) is 0 Å². The maximum Gasteiger partial charge on any atom is 0.293 e. The lowest BCUT2D eigenvalue weighted by atomic mass is 10.2. The molecule has 0 saturated heterocycles. The van der Waals surface area contributed by atoms with Gasteiger partial charge in [0.25, 0.3) is 5.91 Å². The van der Waals surface area contributed by atoms with Gasteiger partial charge in [0.05, 0.1) is 0 Å². The van der Waals surface area contributed by atoms with Crippen LogP contribution < -0.4 is 5.32 Å². The average molecular weight is 356 g/mol. The third kappa shape index (κ3) is 4.30. The summed E-state index contributed by atoms with van der Waals surface area (Å²) in [6.45, 7) is 5.08. The molecule has 0 aliphatic carbocycles. The second kappa shape index (κ2) is 8.75. The van der Waals surface area contributed by atoms with Gasteiger partial charge in [0, 0.05) is 26.1 Å². The number of likely N-dealkylation sites (N-methyl/N-ethyl adjacent to an activating group) is 2. The van der Waals surface area contributed by atoms with Gasteiger partial charge in [-0.05, 0) is 19.2 Å². The monoisotopic (exact) mass is 355 g/mol. The molecule has 132 valence electrons. The lowest BCUT2D eigenvalue weighted by molar-refractivity contribution is 0.0785. The van der Waals surface area contributed by atoms with Crippen molar-refractivity contribution in [2.24, 2.45) is 0 Å². The van der Waals surface area contributed by atoms with Gasteiger partial charge in [-0.2, -0.15) is 0 Å². The van der Waals surface area contributed by atoms with Crippen LogP contribution in [0.25, 0.3) is 5.69 Å². The first kappa shape index (κ1) is 20.1. The lowest BCUT2D eigenvalue weighted by Gasteiger charge is -2.14. The van der Waals surface area contributed by atoms with Gasteiger partial charge < -0.3 is 10.2 Å². The highest BCUT2D eigenvalue weighted by atomic mass is 35.5. The van der Waals surface area contributed by atoms with Crippen molar-refractivity contribution in [2.75, 3.05) is 27.2 Å². The van der Waals surface area contributed by atoms with Crippen LogP contribution in [0.5, 0.6) is 0 Å². The minimum atomic E-state index is -0.401. The minimum Gasteiger partial charge on any atom is -0.338 e. The van der Waals surface area contributed by atoms with Crippen molar-refractivity contribution in [3.05, 3.63) is 41.7 Å². The summed E-state index contributed by atoms with van der Waals surface area (Å²) in [6, 6.07) is 6.32. The number of nitrogens with zero attached hydrogens (tertiary/aromatic N) is 4. The van der Waals surface area contributed by atoms with E-state index in [0.29, 0.717) is 24.6 Å². The summed E-state index contributed by atoms with van der Waals surface area (Å²) in [6.07, 6.45) is 0. The number of hydrogen-bond donors (Lipinski definition) is 1. The van der Waals surface area contributed by atoms with Gasteiger partial charge >= 0.3 is 0 Å². The zero-order chi connectivity index (χ0) is 17.0. The summed E-state index contributed by atoms with van der Waals surface area (Å²) < 4.78 is 15.5. The van der Waals surface area contributed by atoms with Crippen molar-refractivity contribution in [1.82, 2.24) is 25.0 Å². The molecule has 1 amide bonds. The highest BCUT2D eigenvalue weighted by Crippen LogP contribution is 2.20. The number of carbonyl (C=O) groups is 1. The molecular formula is C16H23ClFN5O. The van der Waals surface area contributed by atoms with Crippen LogP contribution in [0.15, 0.2) is 24.3 Å². The molecule has 24 heavy (non-hydrogen) atoms. The molecule has 8 heteroatoms. The van der Waals surface area contributed by atoms with Gasteiger partial charge in [-0.15, -0.1) is 17.5 Å². The van der Waals surface area contributed by atoms with Crippen molar-refractivity contribution < 1.29 is 9.18 Å². The third-order valence-electron chi connectivity index (χ3n) is 3.46. The Morgan fingerprint density at radius 3 is 2.62 bits per heavy atom. The highest BCUT2D eigenvalue weighted by Gasteiger charge is 2.22. The molecule has 0 radical (unpaired) electrons. The highest BCUT2D eigenvalue weighted by molar-refractivity contribution is 5.90. The average Bonchev–Trinajstić information content (AvgIpc) is 2.97. The van der Waals surface area contributed by atoms with Crippen molar-refractivity contribution in [1.29, 1.82) is 0 Å². The molecule has 0 aliphatic heterocycles. The predicted molar refractivity (Wildman–Crippen MR) is 93.5 cm³/mol. The molecule has 2 aromatic rings. The zero-order valence-electron chi connectivity index (χ0n) is 14.3. The third-order valence-corrected chi connectivity index (χ3v) is 3.46. The van der Waals surface area contributed by atoms with Crippen LogP contribution in [0, 0.1) is 5.82 Å². The SMILES string of the molecule is CNCCN(C)C(=O)c1nc(C(C)C)n(-c2ccccc2F)n1.Cl. The lowest BCUT2D eigenvalue weighted by Crippen LogP contribution is -2.33. The molecule has 1 aromatic heterocycles. The molecule has 0 bridgehead atoms. The minimum absolute atomic E-state index is 0. The Balaban J connectivity index is 0.00000288. The van der Waals surface area contributed by atoms with Gasteiger partial charge in [0.2, 0.25) is 5.82 Å². The molecule has 0 unspecified atom stereocenters. The molecule has 1 aromatic carbocycles. The zero-order valence-corrected chi connectivity index (χ0v) is 15.1. The summed E-state index contributed by atoms with van der Waals surface area (Å²) >= 11 is 0. The smallest absolute Gasteiger partial charge is 0.293 e. The molecule has 1 heterocycles. The molecule has 6 nitrogen and oxygen atoms in total. The van der Waals surface area contributed by atoms with E-state index in [1.165, 1.54) is 10.7 Å². The van der Waals surface area contributed by atoms with E-state index in [-0.39, 0.29) is 30.1 Å². The predicted octanol–water partition coefficient (Wildman–Crippen LogP) is 2.24. The Morgan fingerprint density at radius 2 is 2.04 bits per heavy atom. The van der Waals surface area contributed by atoms with E-state index in [2.05, 4.69) is 15.4 Å². The van der Waals surface area contributed by atoms with Crippen LogP contribution in [0.2, 0.25) is 0 Å². The van der Waals surface area contributed by atoms with Crippen molar-refractivity contribution >= 4 is 18.3 Å². The number of nitrogens with one attached hydrogen (secondary N) is 1. The number of halogens is 2. The van der Waals surface area contributed by atoms with E-state index in [9.17, 15) is 9.18 Å². The fourth-order valence-corrected chi connectivity index (χ4v) is 2.14. The molecule has 0 fully saturated rings. The largest absolute Gasteiger partial charge is 0.338 e. The molecule has 0 spiro atoms. The maximum atomic E-state index is 14.1. The summed E-state index contributed by atoms with van der Waals surface area (Å²) in [7, 11) is 3.51. The first-order valence-corrected chi connectivity index (χ1v) is 7.57. The Bertz CT molecular complexity index is 689. The van der Waals surface area contributed by atoms with Gasteiger partial charge in [-0.1, -0.05) is 26.0 Å². The van der Waals surface area contributed by atoms with Crippen LogP contribution in [-0.2, 0) is 0 Å². The van der Waals surface area contributed by atoms with E-state index >= 15 is 0 Å². The number of amides is 1. The van der Waals surface area contributed by atoms with Crippen LogP contribution >= 0.6 is 12.4 Å². The van der Waals surface area contributed by atoms with Gasteiger partial charge in [0.1, 0.15) is 17.3 Å². The Hall–Kier alpha value is -1.99. The van der Waals surface area contributed by atoms with E-state index in [0.717, 1.165) is 0 Å². The number of benzene rings is 1. The van der Waals surface area contributed by atoms with Crippen LogP contribution in [0.4, 0.5) is 4.39 Å². The summed E-state index contributed by atoms with van der Waals surface area (Å²) in [4.78, 5) is 18.3. The Labute approximate surface area is 147 Å². The number of carbonyl (C=O) groups excluding carboxylic acids is 1. The second-order valence-electron chi connectivity index (χ2n) is 5.64. The number of para-hydroxylation sites is 1. The second-order valence-corrected chi connectivity index (χ2v) is 5.64. The van der Waals surface area contributed by atoms with E-state index in [1.54, 1.807) is 30.1 Å². The molecular weight excluding hydrogens is 333 g/mol. The topological polar surface area (TPSA) is 63.1 Å². The van der Waals surface area contributed by atoms with Gasteiger partial charge in [0.15, 0.2) is 0 Å². The van der Waals surface area contributed by atoms with Crippen molar-refractivity contribution in [2.45, 2.75) is 19.8 Å². The fraction of sp³-hybridized carbons (Fsp3) is 0.438. The van der Waals surface area contributed by atoms with Crippen molar-refractivity contribution in [3.63, 3.8) is 0 Å². The Morgan fingerprint density at radius 1 is 1.38 bits per heavy atom. The number of rotatable bonds is 6. The molecule has 0 aliphatic rings. The molecule has 0 saturated carbocycles. The van der Waals surface area contributed by atoms with E-state index < -0.39 is 5.82 Å². The number of hydrogen-bond acceptors (Lipinski definition) is 4. The summed E-state index contributed by atoms with van der Waals surface area (Å²) in [5.74, 6) is -0.0404. The van der Waals surface area contributed by atoms with Gasteiger partial charge in [-0.25, -0.2) is 14.1 Å². The summed E-state index contributed by atoms with van der Waals surface area (Å²) in [5.41, 5.74) is 0.292. The van der Waals surface area contributed by atoms with Crippen molar-refractivity contribution in [3.8, 4) is 5.69 Å². The fourth-order valence-electron chi connectivity index (χ4n) is 2.14. The number of aromatic nitrogens is 3. The summed E-state index contributed by atoms with van der Waals surface area (Å²) in [5, 5.41) is 7.23. The van der Waals surface area contributed by atoms with Crippen LogP contribution in [-0.4, -0.2) is 52.8 Å². The van der Waals surface area contributed by atoms with E-state index in [1.807, 2.05) is 20.9 Å². The first-order chi connectivity index (χ1) is 11.0. The Kier molecular flexibility index (Phi) is 7.31. The quantitative estimate of drug-likeness (QED) is 0.863. The maximum absolute atomic E-state index is 14.1. The molecule has 1 N–H and O–H groups in total. The standard InChI is InChI=1S/C16H22FN5O.ClH/c1-11(2)15-19-14(16(23)21(4)10-9-18-3)20-22(15)13-8-6-5-7-12(13)17;/h5-8,11,18H,9-10H2,1-4H3;1H. The normalized spacial score (nSPS) is 10.6. The van der Waals surface area contributed by atoms with Crippen LogP contribution in [0.1, 0.15) is 36.2 Å².